The van der Waals surface area contributed by atoms with Gasteiger partial charge in [-0.3, -0.25) is 0 Å². The van der Waals surface area contributed by atoms with E-state index in [0.29, 0.717) is 6.04 Å². The normalized spacial score (nSPS) is 15.2. The highest BCUT2D eigenvalue weighted by Gasteiger charge is 2.13. The first-order valence-corrected chi connectivity index (χ1v) is 8.53. The summed E-state index contributed by atoms with van der Waals surface area (Å²) < 4.78 is 5.19. The molecular weight excluding hydrogens is 284 g/mol. The van der Waals surface area contributed by atoms with Gasteiger partial charge < -0.3 is 15.4 Å². The summed E-state index contributed by atoms with van der Waals surface area (Å²) in [6, 6.07) is 15.2. The van der Waals surface area contributed by atoms with Crippen LogP contribution in [0.25, 0.3) is 0 Å². The van der Waals surface area contributed by atoms with Gasteiger partial charge in [0.1, 0.15) is 5.75 Å². The Labute approximate surface area is 139 Å². The highest BCUT2D eigenvalue weighted by Crippen LogP contribution is 2.27. The zero-order valence-electron chi connectivity index (χ0n) is 14.1. The number of aryl methyl sites for hydroxylation is 1. The van der Waals surface area contributed by atoms with Crippen LogP contribution in [0.3, 0.4) is 0 Å². The van der Waals surface area contributed by atoms with Crippen LogP contribution in [-0.4, -0.2) is 13.2 Å². The molecule has 0 aromatic heterocycles. The molecule has 0 spiro atoms. The molecule has 3 heteroatoms. The van der Waals surface area contributed by atoms with Crippen LogP contribution in [0.15, 0.2) is 42.5 Å². The first kappa shape index (κ1) is 15.7. The van der Waals surface area contributed by atoms with Gasteiger partial charge in [-0.25, -0.2) is 0 Å². The highest BCUT2D eigenvalue weighted by molar-refractivity contribution is 5.66. The van der Waals surface area contributed by atoms with Gasteiger partial charge in [-0.1, -0.05) is 19.3 Å². The van der Waals surface area contributed by atoms with Crippen LogP contribution in [0, 0.1) is 6.92 Å². The number of hydrogen-bond acceptors (Lipinski definition) is 3. The molecule has 1 aliphatic rings. The largest absolute Gasteiger partial charge is 0.497 e. The molecule has 0 atom stereocenters. The summed E-state index contributed by atoms with van der Waals surface area (Å²) in [5.74, 6) is 0.874. The van der Waals surface area contributed by atoms with E-state index in [0.717, 1.165) is 17.1 Å². The summed E-state index contributed by atoms with van der Waals surface area (Å²) in [5, 5.41) is 7.15. The Balaban J connectivity index is 1.66. The summed E-state index contributed by atoms with van der Waals surface area (Å²) >= 11 is 0. The Morgan fingerprint density at radius 2 is 1.61 bits per heavy atom. The number of ether oxygens (including phenoxy) is 1. The van der Waals surface area contributed by atoms with Gasteiger partial charge in [0, 0.05) is 23.1 Å². The molecule has 3 rings (SSSR count). The Hall–Kier alpha value is -2.16. The van der Waals surface area contributed by atoms with Crippen LogP contribution in [0.4, 0.5) is 17.1 Å². The van der Waals surface area contributed by atoms with Gasteiger partial charge in [-0.05, 0) is 67.8 Å². The molecule has 0 bridgehead atoms. The van der Waals surface area contributed by atoms with Crippen LogP contribution in [-0.2, 0) is 0 Å². The van der Waals surface area contributed by atoms with Crippen molar-refractivity contribution >= 4 is 17.1 Å². The molecule has 0 heterocycles. The molecule has 0 amide bonds. The van der Waals surface area contributed by atoms with Crippen molar-refractivity contribution in [3.8, 4) is 5.75 Å². The van der Waals surface area contributed by atoms with E-state index in [-0.39, 0.29) is 0 Å². The minimum atomic E-state index is 0.642. The van der Waals surface area contributed by atoms with E-state index >= 15 is 0 Å². The molecule has 23 heavy (non-hydrogen) atoms. The van der Waals surface area contributed by atoms with Crippen molar-refractivity contribution in [3.05, 3.63) is 48.0 Å². The SMILES string of the molecule is COc1ccc(Nc2ccc(NC3CCCCC3)cc2C)cc1. The average Bonchev–Trinajstić information content (AvgIpc) is 2.59. The summed E-state index contributed by atoms with van der Waals surface area (Å²) in [7, 11) is 1.69. The second kappa shape index (κ2) is 7.40. The lowest BCUT2D eigenvalue weighted by Gasteiger charge is -2.24. The fourth-order valence-corrected chi connectivity index (χ4v) is 3.21. The number of nitrogens with one attached hydrogen (secondary N) is 2. The smallest absolute Gasteiger partial charge is 0.119 e. The van der Waals surface area contributed by atoms with Gasteiger partial charge in [-0.2, -0.15) is 0 Å². The van der Waals surface area contributed by atoms with E-state index < -0.39 is 0 Å². The predicted octanol–water partition coefficient (Wildman–Crippen LogP) is 5.49. The Kier molecular flexibility index (Phi) is 5.06. The first-order chi connectivity index (χ1) is 11.2. The predicted molar refractivity (Wildman–Crippen MR) is 98.0 cm³/mol. The number of benzene rings is 2. The van der Waals surface area contributed by atoms with E-state index in [2.05, 4.69) is 35.8 Å². The van der Waals surface area contributed by atoms with Gasteiger partial charge in [0.05, 0.1) is 7.11 Å². The molecule has 2 aromatic carbocycles. The highest BCUT2D eigenvalue weighted by atomic mass is 16.5. The number of methoxy groups -OCH3 is 1. The lowest BCUT2D eigenvalue weighted by atomic mass is 9.95. The maximum atomic E-state index is 5.19. The van der Waals surface area contributed by atoms with Crippen LogP contribution in [0.5, 0.6) is 5.75 Å². The van der Waals surface area contributed by atoms with Crippen molar-refractivity contribution in [2.45, 2.75) is 45.1 Å². The lowest BCUT2D eigenvalue weighted by Crippen LogP contribution is -2.22. The molecule has 0 saturated heterocycles. The van der Waals surface area contributed by atoms with Gasteiger partial charge >= 0.3 is 0 Å². The van der Waals surface area contributed by atoms with Crippen molar-refractivity contribution in [3.63, 3.8) is 0 Å². The molecule has 0 radical (unpaired) electrons. The van der Waals surface area contributed by atoms with Gasteiger partial charge in [0.15, 0.2) is 0 Å². The third-order valence-electron chi connectivity index (χ3n) is 4.57. The van der Waals surface area contributed by atoms with Crippen LogP contribution < -0.4 is 15.4 Å². The Morgan fingerprint density at radius 3 is 2.26 bits per heavy atom. The minimum absolute atomic E-state index is 0.642. The summed E-state index contributed by atoms with van der Waals surface area (Å²) in [4.78, 5) is 0. The van der Waals surface area contributed by atoms with E-state index in [1.807, 2.05) is 24.3 Å². The van der Waals surface area contributed by atoms with Gasteiger partial charge in [0.2, 0.25) is 0 Å². The molecule has 2 aromatic rings. The van der Waals surface area contributed by atoms with E-state index in [4.69, 9.17) is 4.74 Å². The molecule has 3 nitrogen and oxygen atoms in total. The molecule has 1 aliphatic carbocycles. The van der Waals surface area contributed by atoms with Crippen LogP contribution >= 0.6 is 0 Å². The third kappa shape index (κ3) is 4.19. The summed E-state index contributed by atoms with van der Waals surface area (Å²) in [6.45, 7) is 2.15. The van der Waals surface area contributed by atoms with E-state index in [9.17, 15) is 0 Å². The number of hydrogen-bond donors (Lipinski definition) is 2. The maximum absolute atomic E-state index is 5.19. The molecule has 122 valence electrons. The molecule has 1 saturated carbocycles. The maximum Gasteiger partial charge on any atom is 0.119 e. The summed E-state index contributed by atoms with van der Waals surface area (Å²) in [5.41, 5.74) is 4.70. The number of anilines is 3. The summed E-state index contributed by atoms with van der Waals surface area (Å²) in [6.07, 6.45) is 6.69. The third-order valence-corrected chi connectivity index (χ3v) is 4.57. The van der Waals surface area contributed by atoms with Crippen molar-refractivity contribution in [2.75, 3.05) is 17.7 Å². The van der Waals surface area contributed by atoms with Crippen molar-refractivity contribution in [1.29, 1.82) is 0 Å². The molecule has 2 N–H and O–H groups in total. The van der Waals surface area contributed by atoms with E-state index in [1.54, 1.807) is 7.11 Å². The topological polar surface area (TPSA) is 33.3 Å². The zero-order chi connectivity index (χ0) is 16.1. The second-order valence-corrected chi connectivity index (χ2v) is 6.36. The molecule has 0 unspecified atom stereocenters. The first-order valence-electron chi connectivity index (χ1n) is 8.53. The van der Waals surface area contributed by atoms with Crippen molar-refractivity contribution in [1.82, 2.24) is 0 Å². The molecular formula is C20H26N2O. The van der Waals surface area contributed by atoms with Crippen LogP contribution in [0.2, 0.25) is 0 Å². The Morgan fingerprint density at radius 1 is 0.913 bits per heavy atom. The van der Waals surface area contributed by atoms with Crippen LogP contribution in [0.1, 0.15) is 37.7 Å². The standard InChI is InChI=1S/C20H26N2O/c1-15-14-18(21-16-6-4-3-5-7-16)10-13-20(15)22-17-8-11-19(23-2)12-9-17/h8-14,16,21-22H,3-7H2,1-2H3. The second-order valence-electron chi connectivity index (χ2n) is 6.36. The lowest BCUT2D eigenvalue weighted by molar-refractivity contribution is 0.415. The molecule has 0 aliphatic heterocycles. The molecule has 1 fully saturated rings. The quantitative estimate of drug-likeness (QED) is 0.766. The zero-order valence-corrected chi connectivity index (χ0v) is 14.1. The van der Waals surface area contributed by atoms with Gasteiger partial charge in [0.25, 0.3) is 0 Å². The Bertz CT molecular complexity index is 631. The van der Waals surface area contributed by atoms with E-state index in [1.165, 1.54) is 43.4 Å². The number of rotatable bonds is 5. The fourth-order valence-electron chi connectivity index (χ4n) is 3.21. The van der Waals surface area contributed by atoms with Crippen molar-refractivity contribution in [2.24, 2.45) is 0 Å². The minimum Gasteiger partial charge on any atom is -0.497 e. The fraction of sp³-hybridized carbons (Fsp3) is 0.400. The average molecular weight is 310 g/mol. The van der Waals surface area contributed by atoms with Crippen molar-refractivity contribution < 1.29 is 4.74 Å². The monoisotopic (exact) mass is 310 g/mol. The van der Waals surface area contributed by atoms with Gasteiger partial charge in [-0.15, -0.1) is 0 Å².